The Kier molecular flexibility index (Phi) is 8.60. The number of carbonyl (C=O) groups excluding carboxylic acids is 3. The van der Waals surface area contributed by atoms with Crippen molar-refractivity contribution in [1.29, 1.82) is 0 Å². The molecule has 1 aliphatic carbocycles. The summed E-state index contributed by atoms with van der Waals surface area (Å²) < 4.78 is 0. The first-order valence-electron chi connectivity index (χ1n) is 13.1. The van der Waals surface area contributed by atoms with Gasteiger partial charge in [0.25, 0.3) is 5.91 Å². The normalized spacial score (nSPS) is 14.6. The number of carboxylic acids is 1. The van der Waals surface area contributed by atoms with Crippen LogP contribution in [0.1, 0.15) is 39.5 Å². The molecule has 42 heavy (non-hydrogen) atoms. The number of carbonyl (C=O) groups is 4. The molecule has 0 saturated heterocycles. The third kappa shape index (κ3) is 6.48. The van der Waals surface area contributed by atoms with E-state index < -0.39 is 36.4 Å². The first-order chi connectivity index (χ1) is 20.2. The van der Waals surface area contributed by atoms with Crippen LogP contribution in [-0.2, 0) is 22.4 Å². The number of aromatic nitrogens is 2. The molecule has 0 bridgehead atoms. The summed E-state index contributed by atoms with van der Waals surface area (Å²) in [5.74, 6) is -2.65. The molecule has 5 rings (SSSR count). The van der Waals surface area contributed by atoms with Crippen molar-refractivity contribution in [2.24, 2.45) is 0 Å². The molecule has 4 amide bonds. The van der Waals surface area contributed by atoms with Crippen molar-refractivity contribution in [2.75, 3.05) is 11.9 Å². The van der Waals surface area contributed by atoms with Gasteiger partial charge in [-0.2, -0.15) is 5.10 Å². The molecule has 3 aromatic carbocycles. The van der Waals surface area contributed by atoms with Gasteiger partial charge in [0.05, 0.1) is 52.0 Å². The van der Waals surface area contributed by atoms with Crippen LogP contribution in [0.3, 0.4) is 0 Å². The van der Waals surface area contributed by atoms with Crippen LogP contribution in [0.15, 0.2) is 60.8 Å². The Morgan fingerprint density at radius 3 is 2.69 bits per heavy atom. The third-order valence-corrected chi connectivity index (χ3v) is 7.68. The lowest BCUT2D eigenvalue weighted by molar-refractivity contribution is -0.139. The highest BCUT2D eigenvalue weighted by molar-refractivity contribution is 6.41. The molecule has 1 heterocycles. The summed E-state index contributed by atoms with van der Waals surface area (Å²) >= 11 is 12.7. The molecule has 216 valence electrons. The van der Waals surface area contributed by atoms with Crippen LogP contribution in [0.2, 0.25) is 10.0 Å². The van der Waals surface area contributed by atoms with Gasteiger partial charge in [-0.25, -0.2) is 9.59 Å². The van der Waals surface area contributed by atoms with Crippen LogP contribution in [0.4, 0.5) is 10.5 Å². The fourth-order valence-corrected chi connectivity index (χ4v) is 5.47. The molecule has 13 heteroatoms. The summed E-state index contributed by atoms with van der Waals surface area (Å²) in [6.07, 6.45) is 3.24. The monoisotopic (exact) mass is 608 g/mol. The number of aliphatic carboxylic acids is 1. The predicted molar refractivity (Wildman–Crippen MR) is 158 cm³/mol. The number of amides is 4. The number of fused-ring (bicyclic) bond motifs is 2. The largest absolute Gasteiger partial charge is 0.480 e. The Morgan fingerprint density at radius 1 is 1.07 bits per heavy atom. The van der Waals surface area contributed by atoms with Gasteiger partial charge in [-0.3, -0.25) is 14.7 Å². The number of benzene rings is 3. The van der Waals surface area contributed by atoms with Crippen molar-refractivity contribution in [3.8, 4) is 0 Å². The Labute approximate surface area is 250 Å². The van der Waals surface area contributed by atoms with Crippen LogP contribution >= 0.6 is 23.2 Å². The Bertz CT molecular complexity index is 1690. The number of nitrogens with one attached hydrogen (secondary N) is 5. The summed E-state index contributed by atoms with van der Waals surface area (Å²) in [6.45, 7) is -0.395. The molecule has 11 nitrogen and oxygen atoms in total. The van der Waals surface area contributed by atoms with E-state index in [0.717, 1.165) is 40.4 Å². The van der Waals surface area contributed by atoms with Gasteiger partial charge in [-0.1, -0.05) is 53.5 Å². The first kappa shape index (κ1) is 28.9. The maximum absolute atomic E-state index is 13.1. The van der Waals surface area contributed by atoms with E-state index in [0.29, 0.717) is 0 Å². The van der Waals surface area contributed by atoms with E-state index in [2.05, 4.69) is 31.5 Å². The van der Waals surface area contributed by atoms with E-state index >= 15 is 0 Å². The zero-order chi connectivity index (χ0) is 29.8. The fraction of sp³-hybridized carbons (Fsp3) is 0.207. The molecule has 0 aliphatic heterocycles. The van der Waals surface area contributed by atoms with Crippen LogP contribution in [0, 0.1) is 0 Å². The standard InChI is InChI=1S/C29H26Cl2N6O5/c30-19-7-10-22(34-24(38)12-15-5-8-20-17(11-15)13-33-37-20)26(31)25(19)27(39)35-23(28(40)41)14-32-29(42)36-21-9-6-16-3-1-2-4-18(16)21/h1-5,7-8,10-11,13,21,23H,6,9,12,14H2,(H,33,37)(H,34,38)(H,35,39)(H,40,41)(H2,32,36,42). The quantitative estimate of drug-likeness (QED) is 0.166. The highest BCUT2D eigenvalue weighted by Crippen LogP contribution is 2.32. The number of aryl methyl sites for hydroxylation is 1. The Morgan fingerprint density at radius 2 is 1.88 bits per heavy atom. The molecule has 6 N–H and O–H groups in total. The van der Waals surface area contributed by atoms with E-state index in [1.54, 1.807) is 12.3 Å². The molecule has 2 unspecified atom stereocenters. The maximum Gasteiger partial charge on any atom is 0.328 e. The number of aromatic amines is 1. The number of carboxylic acid groups (broad SMARTS) is 1. The molecule has 0 saturated carbocycles. The fourth-order valence-electron chi connectivity index (χ4n) is 4.88. The van der Waals surface area contributed by atoms with Crippen molar-refractivity contribution in [3.05, 3.63) is 93.1 Å². The van der Waals surface area contributed by atoms with Gasteiger partial charge in [0.1, 0.15) is 6.04 Å². The SMILES string of the molecule is O=C(Cc1ccc2[nH]ncc2c1)Nc1ccc(Cl)c(C(=O)NC(CNC(=O)NC2CCc3ccccc32)C(=O)O)c1Cl. The highest BCUT2D eigenvalue weighted by atomic mass is 35.5. The summed E-state index contributed by atoms with van der Waals surface area (Å²) in [6, 6.07) is 13.8. The molecule has 0 spiro atoms. The van der Waals surface area contributed by atoms with E-state index in [1.165, 1.54) is 12.1 Å². The number of anilines is 1. The second kappa shape index (κ2) is 12.5. The van der Waals surface area contributed by atoms with Gasteiger partial charge < -0.3 is 26.4 Å². The van der Waals surface area contributed by atoms with Crippen molar-refractivity contribution in [1.82, 2.24) is 26.1 Å². The molecule has 4 aromatic rings. The first-order valence-corrected chi connectivity index (χ1v) is 13.8. The number of halogens is 2. The van der Waals surface area contributed by atoms with Gasteiger partial charge in [0.15, 0.2) is 0 Å². The number of urea groups is 1. The highest BCUT2D eigenvalue weighted by Gasteiger charge is 2.27. The molecular formula is C29H26Cl2N6O5. The zero-order valence-corrected chi connectivity index (χ0v) is 23.6. The van der Waals surface area contributed by atoms with Crippen LogP contribution < -0.4 is 21.3 Å². The molecule has 1 aliphatic rings. The minimum atomic E-state index is -1.48. The average Bonchev–Trinajstić information content (AvgIpc) is 3.59. The van der Waals surface area contributed by atoms with Gasteiger partial charge in [0, 0.05) is 5.39 Å². The number of H-pyrrole nitrogens is 1. The summed E-state index contributed by atoms with van der Waals surface area (Å²) in [5.41, 5.74) is 3.66. The van der Waals surface area contributed by atoms with Crippen molar-refractivity contribution < 1.29 is 24.3 Å². The average molecular weight is 609 g/mol. The van der Waals surface area contributed by atoms with Crippen LogP contribution in [-0.4, -0.2) is 51.7 Å². The number of nitrogens with zero attached hydrogens (tertiary/aromatic N) is 1. The zero-order valence-electron chi connectivity index (χ0n) is 22.0. The van der Waals surface area contributed by atoms with E-state index in [-0.39, 0.29) is 33.8 Å². The van der Waals surface area contributed by atoms with E-state index in [1.807, 2.05) is 36.4 Å². The molecule has 0 fully saturated rings. The van der Waals surface area contributed by atoms with Crippen molar-refractivity contribution in [2.45, 2.75) is 31.3 Å². The molecular weight excluding hydrogens is 583 g/mol. The van der Waals surface area contributed by atoms with Crippen molar-refractivity contribution in [3.63, 3.8) is 0 Å². The molecule has 1 aromatic heterocycles. The lowest BCUT2D eigenvalue weighted by Crippen LogP contribution is -2.50. The maximum atomic E-state index is 13.1. The van der Waals surface area contributed by atoms with E-state index in [4.69, 9.17) is 23.2 Å². The number of rotatable bonds is 9. The van der Waals surface area contributed by atoms with Crippen LogP contribution in [0.25, 0.3) is 10.9 Å². The summed E-state index contributed by atoms with van der Waals surface area (Å²) in [7, 11) is 0. The van der Waals surface area contributed by atoms with E-state index in [9.17, 15) is 24.3 Å². The van der Waals surface area contributed by atoms with Gasteiger partial charge >= 0.3 is 12.0 Å². The van der Waals surface area contributed by atoms with Crippen molar-refractivity contribution >= 4 is 63.6 Å². The molecule has 0 radical (unpaired) electrons. The van der Waals surface area contributed by atoms with Crippen LogP contribution in [0.5, 0.6) is 0 Å². The topological polar surface area (TPSA) is 165 Å². The lowest BCUT2D eigenvalue weighted by atomic mass is 10.1. The third-order valence-electron chi connectivity index (χ3n) is 6.97. The number of hydrogen-bond acceptors (Lipinski definition) is 5. The van der Waals surface area contributed by atoms with Gasteiger partial charge in [0.2, 0.25) is 5.91 Å². The minimum absolute atomic E-state index is 0.0306. The van der Waals surface area contributed by atoms with Gasteiger partial charge in [-0.05, 0) is 53.8 Å². The lowest BCUT2D eigenvalue weighted by Gasteiger charge is -2.19. The Balaban J connectivity index is 1.20. The summed E-state index contributed by atoms with van der Waals surface area (Å²) in [5, 5.41) is 27.5. The minimum Gasteiger partial charge on any atom is -0.480 e. The van der Waals surface area contributed by atoms with Gasteiger partial charge in [-0.15, -0.1) is 0 Å². The Hall–Kier alpha value is -4.61. The number of hydrogen-bond donors (Lipinski definition) is 6. The molecule has 2 atom stereocenters. The smallest absolute Gasteiger partial charge is 0.328 e. The second-order valence-corrected chi connectivity index (χ2v) is 10.6. The predicted octanol–water partition coefficient (Wildman–Crippen LogP) is 4.22. The second-order valence-electron chi connectivity index (χ2n) is 9.81. The summed E-state index contributed by atoms with van der Waals surface area (Å²) in [4.78, 5) is 50.2.